The van der Waals surface area contributed by atoms with E-state index in [9.17, 15) is 19.7 Å². The molecule has 7 nitrogen and oxygen atoms in total. The second-order valence-corrected chi connectivity index (χ2v) is 2.56. The Morgan fingerprint density at radius 3 is 2.67 bits per heavy atom. The van der Waals surface area contributed by atoms with Gasteiger partial charge in [0.1, 0.15) is 5.56 Å². The maximum absolute atomic E-state index is 10.7. The van der Waals surface area contributed by atoms with E-state index >= 15 is 0 Å². The minimum atomic E-state index is -1.42. The Labute approximate surface area is 83.5 Å². The lowest BCUT2D eigenvalue weighted by Gasteiger charge is -2.01. The second-order valence-electron chi connectivity index (χ2n) is 2.56. The molecule has 0 aliphatic carbocycles. The second kappa shape index (κ2) is 4.18. The Morgan fingerprint density at radius 2 is 2.20 bits per heavy atom. The summed E-state index contributed by atoms with van der Waals surface area (Å²) in [5.74, 6) is -1.42. The number of carboxylic acid groups (broad SMARTS) is 1. The standard InChI is InChI=1S/C8H6N2O5/c11-4-9-5-1-2-7(10(14)15)6(3-5)8(12)13/h1-4H,(H,9,11)(H,12,13). The maximum atomic E-state index is 10.7. The number of nitro groups is 1. The van der Waals surface area contributed by atoms with Gasteiger partial charge in [-0.1, -0.05) is 0 Å². The Morgan fingerprint density at radius 1 is 1.53 bits per heavy atom. The molecular weight excluding hydrogens is 204 g/mol. The minimum Gasteiger partial charge on any atom is -0.477 e. The van der Waals surface area contributed by atoms with E-state index in [0.717, 1.165) is 12.1 Å². The summed E-state index contributed by atoms with van der Waals surface area (Å²) in [6, 6.07) is 3.29. The Hall–Kier alpha value is -2.44. The molecule has 0 aromatic heterocycles. The number of amides is 1. The van der Waals surface area contributed by atoms with Crippen molar-refractivity contribution < 1.29 is 19.6 Å². The van der Waals surface area contributed by atoms with Gasteiger partial charge in [0.05, 0.1) is 4.92 Å². The summed E-state index contributed by atoms with van der Waals surface area (Å²) in [5.41, 5.74) is -0.793. The smallest absolute Gasteiger partial charge is 0.342 e. The minimum absolute atomic E-state index is 0.188. The van der Waals surface area contributed by atoms with Gasteiger partial charge >= 0.3 is 5.97 Å². The number of carbonyl (C=O) groups excluding carboxylic acids is 1. The number of nitro benzene ring substituents is 1. The molecule has 15 heavy (non-hydrogen) atoms. The summed E-state index contributed by atoms with van der Waals surface area (Å²) in [6.07, 6.45) is 0.354. The van der Waals surface area contributed by atoms with Gasteiger partial charge in [0.25, 0.3) is 5.69 Å². The number of nitrogens with one attached hydrogen (secondary N) is 1. The number of carboxylic acids is 1. The fourth-order valence-corrected chi connectivity index (χ4v) is 1.02. The molecule has 1 amide bonds. The highest BCUT2D eigenvalue weighted by Gasteiger charge is 2.19. The Kier molecular flexibility index (Phi) is 2.97. The maximum Gasteiger partial charge on any atom is 0.342 e. The van der Waals surface area contributed by atoms with Crippen LogP contribution in [0.4, 0.5) is 11.4 Å². The third-order valence-corrected chi connectivity index (χ3v) is 1.65. The highest BCUT2D eigenvalue weighted by atomic mass is 16.6. The first-order chi connectivity index (χ1) is 7.06. The largest absolute Gasteiger partial charge is 0.477 e. The Balaban J connectivity index is 3.26. The molecular formula is C8H6N2O5. The first-order valence-electron chi connectivity index (χ1n) is 3.78. The van der Waals surface area contributed by atoms with Gasteiger partial charge in [-0.05, 0) is 12.1 Å². The lowest BCUT2D eigenvalue weighted by atomic mass is 10.1. The molecule has 78 valence electrons. The fraction of sp³-hybridized carbons (Fsp3) is 0. The predicted molar refractivity (Wildman–Crippen MR) is 49.7 cm³/mol. The highest BCUT2D eigenvalue weighted by molar-refractivity contribution is 5.94. The predicted octanol–water partition coefficient (Wildman–Crippen LogP) is 0.861. The molecule has 0 aliphatic heterocycles. The van der Waals surface area contributed by atoms with Crippen LogP contribution < -0.4 is 5.32 Å². The van der Waals surface area contributed by atoms with E-state index in [1.54, 1.807) is 0 Å². The molecule has 0 unspecified atom stereocenters. The summed E-state index contributed by atoms with van der Waals surface area (Å²) in [6.45, 7) is 0. The van der Waals surface area contributed by atoms with Gasteiger partial charge in [-0.25, -0.2) is 4.79 Å². The number of rotatable bonds is 4. The van der Waals surface area contributed by atoms with Crippen molar-refractivity contribution >= 4 is 23.8 Å². The number of hydrogen-bond acceptors (Lipinski definition) is 4. The first-order valence-corrected chi connectivity index (χ1v) is 3.78. The lowest BCUT2D eigenvalue weighted by Crippen LogP contribution is -2.04. The van der Waals surface area contributed by atoms with Crippen LogP contribution in [0.1, 0.15) is 10.4 Å². The monoisotopic (exact) mass is 210 g/mol. The molecule has 0 fully saturated rings. The zero-order valence-electron chi connectivity index (χ0n) is 7.34. The van der Waals surface area contributed by atoms with Crippen LogP contribution in [0, 0.1) is 10.1 Å². The van der Waals surface area contributed by atoms with Crippen molar-refractivity contribution in [3.63, 3.8) is 0 Å². The van der Waals surface area contributed by atoms with Crippen LogP contribution in [-0.2, 0) is 4.79 Å². The van der Waals surface area contributed by atoms with Crippen LogP contribution >= 0.6 is 0 Å². The number of anilines is 1. The van der Waals surface area contributed by atoms with E-state index in [1.807, 2.05) is 0 Å². The third-order valence-electron chi connectivity index (χ3n) is 1.65. The van der Waals surface area contributed by atoms with Crippen molar-refractivity contribution in [1.29, 1.82) is 0 Å². The van der Waals surface area contributed by atoms with E-state index in [-0.39, 0.29) is 5.69 Å². The van der Waals surface area contributed by atoms with Crippen LogP contribution in [-0.4, -0.2) is 22.4 Å². The van der Waals surface area contributed by atoms with Crippen LogP contribution in [0.25, 0.3) is 0 Å². The van der Waals surface area contributed by atoms with Crippen molar-refractivity contribution in [3.05, 3.63) is 33.9 Å². The van der Waals surface area contributed by atoms with E-state index in [4.69, 9.17) is 5.11 Å². The van der Waals surface area contributed by atoms with Crippen molar-refractivity contribution in [2.75, 3.05) is 5.32 Å². The van der Waals surface area contributed by atoms with Crippen molar-refractivity contribution in [1.82, 2.24) is 0 Å². The van der Waals surface area contributed by atoms with Gasteiger partial charge in [0, 0.05) is 11.8 Å². The zero-order valence-corrected chi connectivity index (χ0v) is 7.34. The van der Waals surface area contributed by atoms with Crippen LogP contribution in [0.5, 0.6) is 0 Å². The summed E-state index contributed by atoms with van der Waals surface area (Å²) in [4.78, 5) is 30.4. The van der Waals surface area contributed by atoms with E-state index in [1.165, 1.54) is 6.07 Å². The van der Waals surface area contributed by atoms with Gasteiger partial charge in [0.15, 0.2) is 0 Å². The first kappa shape index (κ1) is 10.6. The molecule has 7 heteroatoms. The number of hydrogen-bond donors (Lipinski definition) is 2. The van der Waals surface area contributed by atoms with Gasteiger partial charge in [-0.2, -0.15) is 0 Å². The van der Waals surface area contributed by atoms with Gasteiger partial charge in [0.2, 0.25) is 6.41 Å². The number of benzene rings is 1. The SMILES string of the molecule is O=CNc1ccc([N+](=O)[O-])c(C(=O)O)c1. The molecule has 0 saturated carbocycles. The topological polar surface area (TPSA) is 110 Å². The molecule has 1 aromatic rings. The summed E-state index contributed by atoms with van der Waals surface area (Å²) >= 11 is 0. The summed E-state index contributed by atoms with van der Waals surface area (Å²) in [5, 5.41) is 21.3. The fourth-order valence-electron chi connectivity index (χ4n) is 1.02. The Bertz CT molecular complexity index is 429. The van der Waals surface area contributed by atoms with Crippen molar-refractivity contribution in [2.45, 2.75) is 0 Å². The average molecular weight is 210 g/mol. The highest BCUT2D eigenvalue weighted by Crippen LogP contribution is 2.22. The van der Waals surface area contributed by atoms with Gasteiger partial charge in [-0.15, -0.1) is 0 Å². The molecule has 0 spiro atoms. The molecule has 1 rings (SSSR count). The van der Waals surface area contributed by atoms with Gasteiger partial charge in [-0.3, -0.25) is 14.9 Å². The van der Waals surface area contributed by atoms with E-state index in [0.29, 0.717) is 6.41 Å². The van der Waals surface area contributed by atoms with Crippen LogP contribution in [0.3, 0.4) is 0 Å². The molecule has 0 aliphatic rings. The van der Waals surface area contributed by atoms with Gasteiger partial charge < -0.3 is 10.4 Å². The number of nitrogens with zero attached hydrogens (tertiary/aromatic N) is 1. The normalized spacial score (nSPS) is 9.33. The third kappa shape index (κ3) is 2.27. The molecule has 0 atom stereocenters. The quantitative estimate of drug-likeness (QED) is 0.435. The molecule has 0 heterocycles. The number of aromatic carboxylic acids is 1. The average Bonchev–Trinajstić information content (AvgIpc) is 2.17. The zero-order chi connectivity index (χ0) is 11.4. The van der Waals surface area contributed by atoms with E-state index < -0.39 is 22.1 Å². The van der Waals surface area contributed by atoms with E-state index in [2.05, 4.69) is 5.32 Å². The van der Waals surface area contributed by atoms with Crippen molar-refractivity contribution in [2.24, 2.45) is 0 Å². The molecule has 0 saturated heterocycles. The summed E-state index contributed by atoms with van der Waals surface area (Å²) < 4.78 is 0. The molecule has 2 N–H and O–H groups in total. The lowest BCUT2D eigenvalue weighted by molar-refractivity contribution is -0.385. The molecule has 0 bridgehead atoms. The van der Waals surface area contributed by atoms with Crippen molar-refractivity contribution in [3.8, 4) is 0 Å². The van der Waals surface area contributed by atoms with Crippen LogP contribution in [0.2, 0.25) is 0 Å². The number of carbonyl (C=O) groups is 2. The van der Waals surface area contributed by atoms with Crippen LogP contribution in [0.15, 0.2) is 18.2 Å². The molecule has 1 aromatic carbocycles. The molecule has 0 radical (unpaired) electrons. The summed E-state index contributed by atoms with van der Waals surface area (Å²) in [7, 11) is 0.